The molecule has 0 heterocycles. The second-order valence-electron chi connectivity index (χ2n) is 8.30. The van der Waals surface area contributed by atoms with Gasteiger partial charge < -0.3 is 0 Å². The van der Waals surface area contributed by atoms with Gasteiger partial charge in [0.05, 0.1) is 11.4 Å². The summed E-state index contributed by atoms with van der Waals surface area (Å²) in [6.07, 6.45) is 3.68. The first-order chi connectivity index (χ1) is 16.6. The van der Waals surface area contributed by atoms with Crippen molar-refractivity contribution in [1.82, 2.24) is 0 Å². The van der Waals surface area contributed by atoms with Gasteiger partial charge in [-0.3, -0.25) is 14.8 Å². The van der Waals surface area contributed by atoms with Crippen molar-refractivity contribution >= 4 is 29.6 Å². The van der Waals surface area contributed by atoms with E-state index < -0.39 is 0 Å². The standard InChI is InChI=1S/C31H28N2O/c1-23(27-17-9-11-19-29(27)32-21-25-13-5-3-6-14-25)31(34)24(2)28-18-10-12-20-30(28)33-22-26-15-7-4-8-16-26/h3-24H,1-2H3. The Hall–Kier alpha value is -4.11. The third-order valence-electron chi connectivity index (χ3n) is 5.96. The number of ketones is 1. The van der Waals surface area contributed by atoms with Crippen LogP contribution >= 0.6 is 0 Å². The monoisotopic (exact) mass is 444 g/mol. The second-order valence-corrected chi connectivity index (χ2v) is 8.30. The van der Waals surface area contributed by atoms with Gasteiger partial charge >= 0.3 is 0 Å². The molecule has 4 aromatic carbocycles. The lowest BCUT2D eigenvalue weighted by Crippen LogP contribution is -2.17. The molecule has 34 heavy (non-hydrogen) atoms. The summed E-state index contributed by atoms with van der Waals surface area (Å²) in [6, 6.07) is 35.7. The summed E-state index contributed by atoms with van der Waals surface area (Å²) in [5.41, 5.74) is 5.53. The van der Waals surface area contributed by atoms with E-state index in [4.69, 9.17) is 9.98 Å². The first-order valence-electron chi connectivity index (χ1n) is 11.5. The van der Waals surface area contributed by atoms with Gasteiger partial charge in [-0.2, -0.15) is 0 Å². The lowest BCUT2D eigenvalue weighted by Gasteiger charge is -2.19. The fourth-order valence-corrected chi connectivity index (χ4v) is 3.99. The maximum absolute atomic E-state index is 13.6. The van der Waals surface area contributed by atoms with Gasteiger partial charge in [-0.1, -0.05) is 111 Å². The molecule has 4 aromatic rings. The number of rotatable bonds is 8. The van der Waals surface area contributed by atoms with Gasteiger partial charge in [0.15, 0.2) is 0 Å². The van der Waals surface area contributed by atoms with E-state index in [1.165, 1.54) is 0 Å². The van der Waals surface area contributed by atoms with Crippen molar-refractivity contribution in [3.63, 3.8) is 0 Å². The van der Waals surface area contributed by atoms with Crippen molar-refractivity contribution < 1.29 is 4.79 Å². The zero-order valence-corrected chi connectivity index (χ0v) is 19.5. The van der Waals surface area contributed by atoms with Crippen molar-refractivity contribution in [2.24, 2.45) is 9.98 Å². The zero-order chi connectivity index (χ0) is 23.8. The molecule has 3 heteroatoms. The highest BCUT2D eigenvalue weighted by atomic mass is 16.1. The maximum Gasteiger partial charge on any atom is 0.147 e. The fourth-order valence-electron chi connectivity index (χ4n) is 3.99. The summed E-state index contributed by atoms with van der Waals surface area (Å²) >= 11 is 0. The molecule has 0 saturated carbocycles. The Morgan fingerprint density at radius 1 is 0.559 bits per heavy atom. The third kappa shape index (κ3) is 5.62. The zero-order valence-electron chi connectivity index (χ0n) is 19.5. The minimum Gasteiger partial charge on any atom is -0.298 e. The molecule has 2 unspecified atom stereocenters. The third-order valence-corrected chi connectivity index (χ3v) is 5.96. The van der Waals surface area contributed by atoms with Gasteiger partial charge in [0.2, 0.25) is 0 Å². The van der Waals surface area contributed by atoms with Gasteiger partial charge in [-0.05, 0) is 34.4 Å². The van der Waals surface area contributed by atoms with Gasteiger partial charge in [-0.25, -0.2) is 0 Å². The van der Waals surface area contributed by atoms with Crippen LogP contribution in [0.15, 0.2) is 119 Å². The first kappa shape index (κ1) is 23.1. The summed E-state index contributed by atoms with van der Waals surface area (Å²) in [6.45, 7) is 3.93. The minimum atomic E-state index is -0.301. The van der Waals surface area contributed by atoms with Gasteiger partial charge in [0.25, 0.3) is 0 Å². The van der Waals surface area contributed by atoms with E-state index in [9.17, 15) is 4.79 Å². The normalized spacial score (nSPS) is 13.2. The van der Waals surface area contributed by atoms with E-state index in [0.29, 0.717) is 0 Å². The smallest absolute Gasteiger partial charge is 0.147 e. The summed E-state index contributed by atoms with van der Waals surface area (Å²) in [5.74, 6) is -0.458. The number of para-hydroxylation sites is 2. The van der Waals surface area contributed by atoms with Crippen LogP contribution in [0.2, 0.25) is 0 Å². The lowest BCUT2D eigenvalue weighted by molar-refractivity contribution is -0.121. The molecule has 0 aromatic heterocycles. The number of carbonyl (C=O) groups excluding carboxylic acids is 1. The molecule has 3 nitrogen and oxygen atoms in total. The minimum absolute atomic E-state index is 0.143. The van der Waals surface area contributed by atoms with E-state index in [-0.39, 0.29) is 17.6 Å². The number of hydrogen-bond acceptors (Lipinski definition) is 3. The Bertz CT molecular complexity index is 1190. The van der Waals surface area contributed by atoms with Crippen LogP contribution in [0.4, 0.5) is 11.4 Å². The summed E-state index contributed by atoms with van der Waals surface area (Å²) < 4.78 is 0. The molecule has 0 saturated heterocycles. The molecule has 168 valence electrons. The Morgan fingerprint density at radius 2 is 0.912 bits per heavy atom. The first-order valence-corrected chi connectivity index (χ1v) is 11.5. The molecule has 0 aliphatic carbocycles. The van der Waals surface area contributed by atoms with Crippen molar-refractivity contribution in [1.29, 1.82) is 0 Å². The molecule has 0 aliphatic heterocycles. The Morgan fingerprint density at radius 3 is 1.32 bits per heavy atom. The van der Waals surface area contributed by atoms with Crippen molar-refractivity contribution in [2.45, 2.75) is 25.7 Å². The molecule has 0 spiro atoms. The van der Waals surface area contributed by atoms with Crippen molar-refractivity contribution in [3.8, 4) is 0 Å². The summed E-state index contributed by atoms with van der Waals surface area (Å²) in [5, 5.41) is 0. The predicted molar refractivity (Wildman–Crippen MR) is 142 cm³/mol. The van der Waals surface area contributed by atoms with E-state index >= 15 is 0 Å². The van der Waals surface area contributed by atoms with E-state index in [1.807, 2.05) is 135 Å². The Labute approximate surface area is 201 Å². The van der Waals surface area contributed by atoms with Crippen molar-refractivity contribution in [3.05, 3.63) is 131 Å². The van der Waals surface area contributed by atoms with E-state index in [1.54, 1.807) is 0 Å². The SMILES string of the molecule is CC(C(=O)C(C)c1ccccc1N=Cc1ccccc1)c1ccccc1N=Cc1ccccc1. The Balaban J connectivity index is 1.58. The number of nitrogens with zero attached hydrogens (tertiary/aromatic N) is 2. The van der Waals surface area contributed by atoms with Crippen LogP contribution in [0, 0.1) is 0 Å². The molecule has 0 fully saturated rings. The van der Waals surface area contributed by atoms with Crippen LogP contribution < -0.4 is 0 Å². The van der Waals surface area contributed by atoms with Crippen LogP contribution in [0.1, 0.15) is 47.9 Å². The van der Waals surface area contributed by atoms with E-state index in [2.05, 4.69) is 0 Å². The van der Waals surface area contributed by atoms with Crippen LogP contribution in [-0.2, 0) is 4.79 Å². The number of hydrogen-bond donors (Lipinski definition) is 0. The topological polar surface area (TPSA) is 41.8 Å². The van der Waals surface area contributed by atoms with Crippen molar-refractivity contribution in [2.75, 3.05) is 0 Å². The highest BCUT2D eigenvalue weighted by molar-refractivity contribution is 5.94. The molecule has 2 atom stereocenters. The summed E-state index contributed by atoms with van der Waals surface area (Å²) in [4.78, 5) is 23.0. The summed E-state index contributed by atoms with van der Waals surface area (Å²) in [7, 11) is 0. The molecular formula is C31H28N2O. The highest BCUT2D eigenvalue weighted by Crippen LogP contribution is 2.34. The highest BCUT2D eigenvalue weighted by Gasteiger charge is 2.25. The largest absolute Gasteiger partial charge is 0.298 e. The van der Waals surface area contributed by atoms with Gasteiger partial charge in [0, 0.05) is 24.3 Å². The number of aliphatic imine (C=N–C) groups is 2. The van der Waals surface area contributed by atoms with Gasteiger partial charge in [0.1, 0.15) is 5.78 Å². The predicted octanol–water partition coefficient (Wildman–Crippen LogP) is 7.66. The molecular weight excluding hydrogens is 416 g/mol. The van der Waals surface area contributed by atoms with Crippen LogP contribution in [0.5, 0.6) is 0 Å². The van der Waals surface area contributed by atoms with E-state index in [0.717, 1.165) is 33.6 Å². The molecule has 0 amide bonds. The number of Topliss-reactive ketones (excluding diaryl/α,β-unsaturated/α-hetero) is 1. The van der Waals surface area contributed by atoms with Crippen LogP contribution in [0.3, 0.4) is 0 Å². The average molecular weight is 445 g/mol. The Kier molecular flexibility index (Phi) is 7.56. The molecule has 4 rings (SSSR count). The van der Waals surface area contributed by atoms with Crippen LogP contribution in [0.25, 0.3) is 0 Å². The second kappa shape index (κ2) is 11.2. The van der Waals surface area contributed by atoms with Crippen LogP contribution in [-0.4, -0.2) is 18.2 Å². The molecule has 0 bridgehead atoms. The molecule has 0 radical (unpaired) electrons. The average Bonchev–Trinajstić information content (AvgIpc) is 2.91. The number of carbonyl (C=O) groups is 1. The quantitative estimate of drug-likeness (QED) is 0.257. The lowest BCUT2D eigenvalue weighted by atomic mass is 9.84. The fraction of sp³-hybridized carbons (Fsp3) is 0.129. The molecule has 0 aliphatic rings. The van der Waals surface area contributed by atoms with Gasteiger partial charge in [-0.15, -0.1) is 0 Å². The number of benzene rings is 4. The molecule has 0 N–H and O–H groups in total. The maximum atomic E-state index is 13.6.